The number of rotatable bonds is 2. The van der Waals surface area contributed by atoms with Crippen molar-refractivity contribution in [2.75, 3.05) is 5.32 Å². The van der Waals surface area contributed by atoms with Gasteiger partial charge in [-0.3, -0.25) is 5.32 Å². The fourth-order valence-corrected chi connectivity index (χ4v) is 2.95. The Kier molecular flexibility index (Phi) is 5.45. The fourth-order valence-electron chi connectivity index (χ4n) is 2.95. The van der Waals surface area contributed by atoms with Crippen LogP contribution in [0.25, 0.3) is 22.3 Å². The number of halogens is 3. The van der Waals surface area contributed by atoms with Gasteiger partial charge in [-0.15, -0.1) is 0 Å². The first-order valence-electron chi connectivity index (χ1n) is 9.30. The number of ether oxygens (including phenoxy) is 1. The van der Waals surface area contributed by atoms with E-state index in [4.69, 9.17) is 4.74 Å². The molecule has 1 heterocycles. The van der Waals surface area contributed by atoms with Gasteiger partial charge in [-0.05, 0) is 76.1 Å². The van der Waals surface area contributed by atoms with Crippen LogP contribution in [0.2, 0.25) is 0 Å². The summed E-state index contributed by atoms with van der Waals surface area (Å²) in [5.74, 6) is 0.395. The molecular weight excluding hydrogens is 395 g/mol. The van der Waals surface area contributed by atoms with Crippen LogP contribution in [0.15, 0.2) is 36.5 Å². The Balaban J connectivity index is 1.93. The molecule has 0 bridgehead atoms. The molecular formula is C22H22F3N3O2. The molecule has 1 aromatic heterocycles. The Morgan fingerprint density at radius 1 is 1.03 bits per heavy atom. The number of carbonyl (C=O) groups excluding carboxylic acids is 1. The van der Waals surface area contributed by atoms with Gasteiger partial charge in [0.15, 0.2) is 5.82 Å². The summed E-state index contributed by atoms with van der Waals surface area (Å²) in [5.41, 5.74) is 2.05. The summed E-state index contributed by atoms with van der Waals surface area (Å²) >= 11 is 0. The first kappa shape index (κ1) is 21.5. The SMILES string of the molecule is Cc1c(NC(=O)OC(C)(C)C)ccc(-c2ncc3cc(C(F)(F)F)ccc3n2)c1C. The van der Waals surface area contributed by atoms with Crippen LogP contribution in [0, 0.1) is 13.8 Å². The molecule has 8 heteroatoms. The van der Waals surface area contributed by atoms with E-state index in [9.17, 15) is 18.0 Å². The Morgan fingerprint density at radius 2 is 1.73 bits per heavy atom. The van der Waals surface area contributed by atoms with Crippen molar-refractivity contribution in [1.29, 1.82) is 0 Å². The summed E-state index contributed by atoms with van der Waals surface area (Å²) in [6, 6.07) is 6.86. The zero-order chi connectivity index (χ0) is 22.3. The quantitative estimate of drug-likeness (QED) is 0.533. The second kappa shape index (κ2) is 7.59. The van der Waals surface area contributed by atoms with Crippen molar-refractivity contribution in [2.45, 2.75) is 46.4 Å². The normalized spacial score (nSPS) is 12.1. The van der Waals surface area contributed by atoms with Crippen molar-refractivity contribution in [3.63, 3.8) is 0 Å². The van der Waals surface area contributed by atoms with E-state index in [2.05, 4.69) is 15.3 Å². The van der Waals surface area contributed by atoms with Gasteiger partial charge in [0.2, 0.25) is 0 Å². The zero-order valence-electron chi connectivity index (χ0n) is 17.3. The number of alkyl halides is 3. The largest absolute Gasteiger partial charge is 0.444 e. The molecule has 2 aromatic carbocycles. The lowest BCUT2D eigenvalue weighted by atomic mass is 10.0. The maximum Gasteiger partial charge on any atom is 0.416 e. The molecule has 3 rings (SSSR count). The van der Waals surface area contributed by atoms with Crippen molar-refractivity contribution in [2.24, 2.45) is 0 Å². The van der Waals surface area contributed by atoms with Crippen LogP contribution in [-0.4, -0.2) is 21.7 Å². The van der Waals surface area contributed by atoms with Crippen molar-refractivity contribution < 1.29 is 22.7 Å². The zero-order valence-corrected chi connectivity index (χ0v) is 17.3. The average molecular weight is 417 g/mol. The number of hydrogen-bond acceptors (Lipinski definition) is 4. The number of nitrogens with one attached hydrogen (secondary N) is 1. The van der Waals surface area contributed by atoms with E-state index in [0.29, 0.717) is 22.4 Å². The molecule has 1 amide bonds. The molecule has 0 aliphatic rings. The third-order valence-corrected chi connectivity index (χ3v) is 4.57. The number of anilines is 1. The average Bonchev–Trinajstić information content (AvgIpc) is 2.62. The Hall–Kier alpha value is -3.16. The molecule has 0 aliphatic carbocycles. The minimum Gasteiger partial charge on any atom is -0.444 e. The number of hydrogen-bond donors (Lipinski definition) is 1. The van der Waals surface area contributed by atoms with E-state index in [-0.39, 0.29) is 0 Å². The summed E-state index contributed by atoms with van der Waals surface area (Å²) in [6.45, 7) is 9.06. The molecule has 3 aromatic rings. The van der Waals surface area contributed by atoms with Gasteiger partial charge in [0.05, 0.1) is 11.1 Å². The maximum absolute atomic E-state index is 12.9. The van der Waals surface area contributed by atoms with E-state index >= 15 is 0 Å². The predicted molar refractivity (Wildman–Crippen MR) is 109 cm³/mol. The second-order valence-corrected chi connectivity index (χ2v) is 8.00. The highest BCUT2D eigenvalue weighted by atomic mass is 19.4. The van der Waals surface area contributed by atoms with E-state index in [1.54, 1.807) is 32.9 Å². The maximum atomic E-state index is 12.9. The van der Waals surface area contributed by atoms with E-state index in [1.165, 1.54) is 12.3 Å². The molecule has 0 unspecified atom stereocenters. The number of benzene rings is 2. The van der Waals surface area contributed by atoms with Gasteiger partial charge in [0.25, 0.3) is 0 Å². The lowest BCUT2D eigenvalue weighted by Gasteiger charge is -2.21. The van der Waals surface area contributed by atoms with Gasteiger partial charge >= 0.3 is 12.3 Å². The van der Waals surface area contributed by atoms with Gasteiger partial charge in [-0.25, -0.2) is 14.8 Å². The molecule has 5 nitrogen and oxygen atoms in total. The fraction of sp³-hybridized carbons (Fsp3) is 0.318. The molecule has 1 N–H and O–H groups in total. The van der Waals surface area contributed by atoms with Crippen molar-refractivity contribution >= 4 is 22.7 Å². The molecule has 0 fully saturated rings. The molecule has 30 heavy (non-hydrogen) atoms. The van der Waals surface area contributed by atoms with E-state index in [0.717, 1.165) is 28.8 Å². The van der Waals surface area contributed by atoms with Gasteiger partial charge in [-0.2, -0.15) is 13.2 Å². The van der Waals surface area contributed by atoms with Gasteiger partial charge in [0.1, 0.15) is 5.60 Å². The lowest BCUT2D eigenvalue weighted by Crippen LogP contribution is -2.27. The Bertz CT molecular complexity index is 1120. The summed E-state index contributed by atoms with van der Waals surface area (Å²) in [6.07, 6.45) is -3.59. The molecule has 0 saturated carbocycles. The van der Waals surface area contributed by atoms with Gasteiger partial charge in [-0.1, -0.05) is 0 Å². The first-order chi connectivity index (χ1) is 13.8. The third kappa shape index (κ3) is 4.69. The summed E-state index contributed by atoms with van der Waals surface area (Å²) in [4.78, 5) is 20.7. The number of fused-ring (bicyclic) bond motifs is 1. The summed E-state index contributed by atoms with van der Waals surface area (Å²) in [5, 5.41) is 3.04. The molecule has 0 aliphatic heterocycles. The van der Waals surface area contributed by atoms with Crippen LogP contribution in [0.5, 0.6) is 0 Å². The molecule has 0 saturated heterocycles. The van der Waals surface area contributed by atoms with Crippen LogP contribution in [0.4, 0.5) is 23.7 Å². The molecule has 158 valence electrons. The number of carbonyl (C=O) groups is 1. The van der Waals surface area contributed by atoms with Crippen molar-refractivity contribution in [1.82, 2.24) is 9.97 Å². The van der Waals surface area contributed by atoms with Crippen LogP contribution in [0.1, 0.15) is 37.5 Å². The van der Waals surface area contributed by atoms with Crippen LogP contribution in [-0.2, 0) is 10.9 Å². The van der Waals surface area contributed by atoms with Crippen LogP contribution in [0.3, 0.4) is 0 Å². The lowest BCUT2D eigenvalue weighted by molar-refractivity contribution is -0.137. The summed E-state index contributed by atoms with van der Waals surface area (Å²) < 4.78 is 44.0. The van der Waals surface area contributed by atoms with Gasteiger partial charge in [0, 0.05) is 22.8 Å². The topological polar surface area (TPSA) is 64.1 Å². The molecule has 0 radical (unpaired) electrons. The highest BCUT2D eigenvalue weighted by Gasteiger charge is 2.30. The smallest absolute Gasteiger partial charge is 0.416 e. The summed E-state index contributed by atoms with van der Waals surface area (Å²) in [7, 11) is 0. The minimum atomic E-state index is -4.42. The second-order valence-electron chi connectivity index (χ2n) is 8.00. The number of nitrogens with zero attached hydrogens (tertiary/aromatic N) is 2. The predicted octanol–water partition coefficient (Wildman–Crippen LogP) is 6.28. The van der Waals surface area contributed by atoms with Crippen molar-refractivity contribution in [3.05, 3.63) is 53.2 Å². The van der Waals surface area contributed by atoms with E-state index < -0.39 is 23.4 Å². The van der Waals surface area contributed by atoms with Gasteiger partial charge < -0.3 is 4.74 Å². The number of aromatic nitrogens is 2. The minimum absolute atomic E-state index is 0.311. The molecule has 0 spiro atoms. The Morgan fingerprint density at radius 3 is 2.37 bits per heavy atom. The monoisotopic (exact) mass is 417 g/mol. The van der Waals surface area contributed by atoms with Crippen LogP contribution < -0.4 is 5.32 Å². The van der Waals surface area contributed by atoms with E-state index in [1.807, 2.05) is 13.8 Å². The first-order valence-corrected chi connectivity index (χ1v) is 9.30. The van der Waals surface area contributed by atoms with Crippen LogP contribution >= 0.6 is 0 Å². The highest BCUT2D eigenvalue weighted by molar-refractivity contribution is 5.87. The molecule has 0 atom stereocenters. The van der Waals surface area contributed by atoms with Crippen molar-refractivity contribution in [3.8, 4) is 11.4 Å². The standard InChI is InChI=1S/C22H22F3N3O2/c1-12-13(2)17(28-20(29)30-21(3,4)5)9-7-16(12)19-26-11-14-10-15(22(23,24)25)6-8-18(14)27-19/h6-11H,1-5H3,(H,28,29). The number of amides is 1. The Labute approximate surface area is 172 Å². The third-order valence-electron chi connectivity index (χ3n) is 4.57. The highest BCUT2D eigenvalue weighted by Crippen LogP contribution is 2.32.